The minimum Gasteiger partial charge on any atom is -0.497 e. The van der Waals surface area contributed by atoms with Gasteiger partial charge in [-0.25, -0.2) is 0 Å². The molecule has 1 N–H and O–H groups in total. The van der Waals surface area contributed by atoms with Crippen molar-refractivity contribution in [1.82, 2.24) is 5.32 Å². The molecule has 0 fully saturated rings. The van der Waals surface area contributed by atoms with Gasteiger partial charge in [0, 0.05) is 6.04 Å². The number of benzene rings is 1. The molecular formula is C14H19NO. The molecule has 0 aromatic heterocycles. The Morgan fingerprint density at radius 1 is 1.31 bits per heavy atom. The van der Waals surface area contributed by atoms with Crippen LogP contribution in [0.4, 0.5) is 0 Å². The van der Waals surface area contributed by atoms with Crippen molar-refractivity contribution in [2.24, 2.45) is 0 Å². The van der Waals surface area contributed by atoms with E-state index in [9.17, 15) is 0 Å². The number of methoxy groups -OCH3 is 1. The summed E-state index contributed by atoms with van der Waals surface area (Å²) in [5, 5.41) is 3.30. The fraction of sp³-hybridized carbons (Fsp3) is 0.429. The van der Waals surface area contributed by atoms with E-state index in [2.05, 4.69) is 30.4 Å². The lowest BCUT2D eigenvalue weighted by atomic mass is 9.89. The minimum atomic E-state index is 0.468. The highest BCUT2D eigenvalue weighted by molar-refractivity contribution is 5.61. The minimum absolute atomic E-state index is 0.468. The zero-order valence-corrected chi connectivity index (χ0v) is 10.2. The molecule has 2 rings (SSSR count). The molecule has 0 bridgehead atoms. The first-order valence-electron chi connectivity index (χ1n) is 5.79. The number of likely N-dealkylation sites (N-methyl/N-ethyl adjacent to an activating group) is 1. The summed E-state index contributed by atoms with van der Waals surface area (Å²) in [4.78, 5) is 0. The second-order valence-corrected chi connectivity index (χ2v) is 4.29. The summed E-state index contributed by atoms with van der Waals surface area (Å²) < 4.78 is 5.24. The number of hydrogen-bond acceptors (Lipinski definition) is 2. The molecule has 0 spiro atoms. The van der Waals surface area contributed by atoms with Crippen LogP contribution in [0.5, 0.6) is 5.75 Å². The molecule has 1 aromatic rings. The fourth-order valence-corrected chi connectivity index (χ4v) is 2.14. The molecule has 1 atom stereocenters. The molecule has 0 amide bonds. The number of aryl methyl sites for hydroxylation is 1. The van der Waals surface area contributed by atoms with E-state index in [0.29, 0.717) is 6.04 Å². The highest BCUT2D eigenvalue weighted by Crippen LogP contribution is 2.28. The summed E-state index contributed by atoms with van der Waals surface area (Å²) in [6.07, 6.45) is 4.56. The average molecular weight is 217 g/mol. The SMILES string of the molecule is CNC(C)C1=Cc2ccc(OC)cc2CC1. The van der Waals surface area contributed by atoms with Gasteiger partial charge >= 0.3 is 0 Å². The Morgan fingerprint density at radius 3 is 2.81 bits per heavy atom. The molecule has 0 radical (unpaired) electrons. The summed E-state index contributed by atoms with van der Waals surface area (Å²) in [5.41, 5.74) is 4.22. The van der Waals surface area contributed by atoms with Crippen molar-refractivity contribution in [3.8, 4) is 5.75 Å². The van der Waals surface area contributed by atoms with Gasteiger partial charge in [-0.05, 0) is 50.1 Å². The maximum atomic E-state index is 5.24. The van der Waals surface area contributed by atoms with Crippen molar-refractivity contribution in [1.29, 1.82) is 0 Å². The van der Waals surface area contributed by atoms with E-state index in [1.807, 2.05) is 13.1 Å². The molecule has 2 nitrogen and oxygen atoms in total. The first-order chi connectivity index (χ1) is 7.74. The van der Waals surface area contributed by atoms with Gasteiger partial charge in [0.15, 0.2) is 0 Å². The molecule has 0 heterocycles. The largest absolute Gasteiger partial charge is 0.497 e. The van der Waals surface area contributed by atoms with Crippen LogP contribution in [0.3, 0.4) is 0 Å². The van der Waals surface area contributed by atoms with Crippen molar-refractivity contribution >= 4 is 6.08 Å². The summed E-state index contributed by atoms with van der Waals surface area (Å²) >= 11 is 0. The molecule has 1 unspecified atom stereocenters. The van der Waals surface area contributed by atoms with E-state index in [-0.39, 0.29) is 0 Å². The molecule has 1 aromatic carbocycles. The van der Waals surface area contributed by atoms with Crippen LogP contribution in [0.1, 0.15) is 24.5 Å². The Kier molecular flexibility index (Phi) is 3.30. The maximum Gasteiger partial charge on any atom is 0.119 e. The van der Waals surface area contributed by atoms with E-state index in [0.717, 1.165) is 18.6 Å². The number of rotatable bonds is 3. The van der Waals surface area contributed by atoms with Crippen molar-refractivity contribution in [2.75, 3.05) is 14.2 Å². The predicted octanol–water partition coefficient (Wildman–Crippen LogP) is 2.63. The molecule has 0 aliphatic heterocycles. The average Bonchev–Trinajstić information content (AvgIpc) is 2.36. The molecule has 16 heavy (non-hydrogen) atoms. The molecule has 0 saturated heterocycles. The Labute approximate surface area is 97.3 Å². The van der Waals surface area contributed by atoms with Crippen molar-refractivity contribution in [2.45, 2.75) is 25.8 Å². The van der Waals surface area contributed by atoms with E-state index in [4.69, 9.17) is 4.74 Å². The molecule has 0 saturated carbocycles. The van der Waals surface area contributed by atoms with E-state index in [1.165, 1.54) is 16.7 Å². The van der Waals surface area contributed by atoms with Crippen molar-refractivity contribution in [3.63, 3.8) is 0 Å². The number of hydrogen-bond donors (Lipinski definition) is 1. The van der Waals surface area contributed by atoms with Crippen molar-refractivity contribution < 1.29 is 4.74 Å². The first kappa shape index (κ1) is 11.2. The third-order valence-electron chi connectivity index (χ3n) is 3.36. The fourth-order valence-electron chi connectivity index (χ4n) is 2.14. The van der Waals surface area contributed by atoms with Gasteiger partial charge in [0.1, 0.15) is 5.75 Å². The van der Waals surface area contributed by atoms with Gasteiger partial charge in [-0.1, -0.05) is 17.7 Å². The highest BCUT2D eigenvalue weighted by atomic mass is 16.5. The monoisotopic (exact) mass is 217 g/mol. The summed E-state index contributed by atoms with van der Waals surface area (Å²) in [6, 6.07) is 6.79. The third kappa shape index (κ3) is 2.12. The Hall–Kier alpha value is -1.28. The summed E-state index contributed by atoms with van der Waals surface area (Å²) in [6.45, 7) is 2.21. The van der Waals surface area contributed by atoms with Gasteiger partial charge in [0.25, 0.3) is 0 Å². The van der Waals surface area contributed by atoms with Gasteiger partial charge in [-0.2, -0.15) is 0 Å². The van der Waals surface area contributed by atoms with Crippen LogP contribution in [0, 0.1) is 0 Å². The molecule has 2 heteroatoms. The number of nitrogens with one attached hydrogen (secondary N) is 1. The van der Waals surface area contributed by atoms with Gasteiger partial charge in [-0.3, -0.25) is 0 Å². The van der Waals surface area contributed by atoms with Crippen LogP contribution in [-0.2, 0) is 6.42 Å². The zero-order chi connectivity index (χ0) is 11.5. The molecule has 1 aliphatic rings. The third-order valence-corrected chi connectivity index (χ3v) is 3.36. The van der Waals surface area contributed by atoms with Gasteiger partial charge in [-0.15, -0.1) is 0 Å². The van der Waals surface area contributed by atoms with Crippen LogP contribution < -0.4 is 10.1 Å². The lowest BCUT2D eigenvalue weighted by Crippen LogP contribution is -2.24. The second kappa shape index (κ2) is 4.71. The van der Waals surface area contributed by atoms with Gasteiger partial charge in [0.2, 0.25) is 0 Å². The Balaban J connectivity index is 2.30. The Morgan fingerprint density at radius 2 is 2.12 bits per heavy atom. The van der Waals surface area contributed by atoms with Crippen LogP contribution in [0.2, 0.25) is 0 Å². The van der Waals surface area contributed by atoms with E-state index in [1.54, 1.807) is 7.11 Å². The van der Waals surface area contributed by atoms with Crippen molar-refractivity contribution in [3.05, 3.63) is 34.9 Å². The molecule has 1 aliphatic carbocycles. The zero-order valence-electron chi connectivity index (χ0n) is 10.2. The van der Waals surface area contributed by atoms with Gasteiger partial charge < -0.3 is 10.1 Å². The highest BCUT2D eigenvalue weighted by Gasteiger charge is 2.14. The standard InChI is InChI=1S/C14H19NO/c1-10(15-2)11-4-5-13-9-14(16-3)7-6-12(13)8-11/h6-10,15H,4-5H2,1-3H3. The lowest BCUT2D eigenvalue weighted by molar-refractivity contribution is 0.414. The second-order valence-electron chi connectivity index (χ2n) is 4.29. The van der Waals surface area contributed by atoms with Gasteiger partial charge in [0.05, 0.1) is 7.11 Å². The smallest absolute Gasteiger partial charge is 0.119 e. The van der Waals surface area contributed by atoms with Crippen LogP contribution in [-0.4, -0.2) is 20.2 Å². The van der Waals surface area contributed by atoms with E-state index >= 15 is 0 Å². The maximum absolute atomic E-state index is 5.24. The normalized spacial score (nSPS) is 16.3. The number of ether oxygens (including phenoxy) is 1. The predicted molar refractivity (Wildman–Crippen MR) is 67.8 cm³/mol. The molecular weight excluding hydrogens is 198 g/mol. The van der Waals surface area contributed by atoms with Crippen LogP contribution in [0.25, 0.3) is 6.08 Å². The summed E-state index contributed by atoms with van der Waals surface area (Å²) in [5.74, 6) is 0.956. The van der Waals surface area contributed by atoms with Crippen LogP contribution in [0.15, 0.2) is 23.8 Å². The summed E-state index contributed by atoms with van der Waals surface area (Å²) in [7, 11) is 3.73. The quantitative estimate of drug-likeness (QED) is 0.840. The molecule has 86 valence electrons. The topological polar surface area (TPSA) is 21.3 Å². The Bertz CT molecular complexity index is 409. The lowest BCUT2D eigenvalue weighted by Gasteiger charge is -2.21. The van der Waals surface area contributed by atoms with Crippen LogP contribution >= 0.6 is 0 Å². The number of fused-ring (bicyclic) bond motifs is 1. The van der Waals surface area contributed by atoms with E-state index < -0.39 is 0 Å². The first-order valence-corrected chi connectivity index (χ1v) is 5.79.